The van der Waals surface area contributed by atoms with Gasteiger partial charge in [-0.2, -0.15) is 0 Å². The predicted octanol–water partition coefficient (Wildman–Crippen LogP) is 6.92. The number of amides is 1. The molecular formula is C32H29ClN2O7S. The number of ketones is 1. The van der Waals surface area contributed by atoms with Crippen LogP contribution in [0.25, 0.3) is 16.0 Å². The monoisotopic (exact) mass is 620 g/mol. The molecule has 0 bridgehead atoms. The second kappa shape index (κ2) is 12.1. The van der Waals surface area contributed by atoms with Gasteiger partial charge in [0, 0.05) is 10.6 Å². The summed E-state index contributed by atoms with van der Waals surface area (Å²) in [5.41, 5.74) is 1.39. The van der Waals surface area contributed by atoms with Crippen LogP contribution in [0.3, 0.4) is 0 Å². The van der Waals surface area contributed by atoms with Crippen LogP contribution in [0.4, 0.5) is 5.13 Å². The molecule has 2 aliphatic heterocycles. The molecule has 3 aromatic carbocycles. The van der Waals surface area contributed by atoms with Crippen molar-refractivity contribution in [2.24, 2.45) is 0 Å². The molecule has 1 atom stereocenters. The van der Waals surface area contributed by atoms with Gasteiger partial charge in [0.15, 0.2) is 28.1 Å². The number of ether oxygens (including phenoxy) is 4. The summed E-state index contributed by atoms with van der Waals surface area (Å²) in [6.07, 6.45) is 3.01. The van der Waals surface area contributed by atoms with Crippen molar-refractivity contribution >= 4 is 55.7 Å². The molecule has 1 unspecified atom stereocenters. The predicted molar refractivity (Wildman–Crippen MR) is 165 cm³/mol. The van der Waals surface area contributed by atoms with Gasteiger partial charge in [0.25, 0.3) is 5.78 Å². The minimum Gasteiger partial charge on any atom is -0.507 e. The minimum atomic E-state index is -1.01. The van der Waals surface area contributed by atoms with Crippen LogP contribution in [0, 0.1) is 0 Å². The summed E-state index contributed by atoms with van der Waals surface area (Å²) in [6, 6.07) is 14.4. The van der Waals surface area contributed by atoms with Crippen LogP contribution in [-0.4, -0.2) is 48.7 Å². The number of unbranched alkanes of at least 4 members (excludes halogenated alkanes) is 2. The number of aliphatic hydroxyl groups is 1. The standard InChI is InChI=1S/C32H29ClN2O7S/c1-3-4-5-12-40-22-10-6-18(15-24(22)39-2)28-27(29(36)19-7-11-23-25(16-19)42-14-13-41-23)30(37)31(38)35(28)32-34-21-9-8-20(33)17-26(21)43-32/h6-11,15-17,28,36H,3-5,12-14H2,1-2H3/b29-27-. The van der Waals surface area contributed by atoms with Crippen molar-refractivity contribution < 1.29 is 33.6 Å². The highest BCUT2D eigenvalue weighted by molar-refractivity contribution is 7.22. The smallest absolute Gasteiger partial charge is 0.301 e. The van der Waals surface area contributed by atoms with Crippen molar-refractivity contribution in [1.29, 1.82) is 0 Å². The van der Waals surface area contributed by atoms with E-state index >= 15 is 0 Å². The second-order valence-electron chi connectivity index (χ2n) is 10.1. The Morgan fingerprint density at radius 3 is 2.65 bits per heavy atom. The maximum absolute atomic E-state index is 13.7. The maximum Gasteiger partial charge on any atom is 0.301 e. The lowest BCUT2D eigenvalue weighted by Gasteiger charge is -2.24. The van der Waals surface area contributed by atoms with Crippen LogP contribution < -0.4 is 23.8 Å². The largest absolute Gasteiger partial charge is 0.507 e. The molecule has 6 rings (SSSR count). The van der Waals surface area contributed by atoms with Gasteiger partial charge in [-0.15, -0.1) is 0 Å². The number of benzene rings is 3. The molecule has 0 spiro atoms. The van der Waals surface area contributed by atoms with Gasteiger partial charge in [-0.1, -0.05) is 48.8 Å². The average molecular weight is 621 g/mol. The van der Waals surface area contributed by atoms with Gasteiger partial charge in [0.05, 0.1) is 35.5 Å². The van der Waals surface area contributed by atoms with E-state index in [1.54, 1.807) is 54.6 Å². The fraction of sp³-hybridized carbons (Fsp3) is 0.281. The molecule has 0 saturated carbocycles. The van der Waals surface area contributed by atoms with E-state index in [9.17, 15) is 14.7 Å². The van der Waals surface area contributed by atoms with Crippen molar-refractivity contribution in [3.8, 4) is 23.0 Å². The number of methoxy groups -OCH3 is 1. The number of thiazole rings is 1. The SMILES string of the molecule is CCCCCOc1ccc(C2/C(=C(/O)c3ccc4c(c3)OCCO4)C(=O)C(=O)N2c2nc3ccc(Cl)cc3s2)cc1OC. The number of aromatic nitrogens is 1. The number of carbonyl (C=O) groups is 2. The molecule has 1 N–H and O–H groups in total. The molecule has 2 aliphatic rings. The van der Waals surface area contributed by atoms with E-state index in [0.717, 1.165) is 24.0 Å². The molecule has 1 saturated heterocycles. The molecule has 0 radical (unpaired) electrons. The first-order chi connectivity index (χ1) is 20.9. The zero-order valence-electron chi connectivity index (χ0n) is 23.6. The lowest BCUT2D eigenvalue weighted by atomic mass is 9.95. The van der Waals surface area contributed by atoms with Crippen LogP contribution in [0.1, 0.15) is 43.4 Å². The zero-order valence-corrected chi connectivity index (χ0v) is 25.2. The molecule has 9 nitrogen and oxygen atoms in total. The second-order valence-corrected chi connectivity index (χ2v) is 11.5. The Bertz CT molecular complexity index is 1750. The Labute approximate surface area is 257 Å². The summed E-state index contributed by atoms with van der Waals surface area (Å²) in [5.74, 6) is -0.0363. The number of fused-ring (bicyclic) bond motifs is 2. The molecule has 1 amide bonds. The average Bonchev–Trinajstić information content (AvgIpc) is 3.55. The van der Waals surface area contributed by atoms with E-state index in [2.05, 4.69) is 11.9 Å². The number of Topliss-reactive ketones (excluding diaryl/α,β-unsaturated/α-hetero) is 1. The number of hydrogen-bond donors (Lipinski definition) is 1. The third-order valence-corrected chi connectivity index (χ3v) is 8.57. The molecule has 4 aromatic rings. The van der Waals surface area contributed by atoms with Gasteiger partial charge in [0.2, 0.25) is 0 Å². The molecule has 222 valence electrons. The van der Waals surface area contributed by atoms with Crippen molar-refractivity contribution in [2.75, 3.05) is 31.8 Å². The molecule has 0 aliphatic carbocycles. The fourth-order valence-corrected chi connectivity index (χ4v) is 6.46. The van der Waals surface area contributed by atoms with E-state index in [-0.39, 0.29) is 11.3 Å². The van der Waals surface area contributed by atoms with Crippen molar-refractivity contribution in [1.82, 2.24) is 4.98 Å². The summed E-state index contributed by atoms with van der Waals surface area (Å²) in [4.78, 5) is 33.4. The van der Waals surface area contributed by atoms with Crippen molar-refractivity contribution in [3.05, 3.63) is 76.3 Å². The molecular weight excluding hydrogens is 592 g/mol. The third kappa shape index (κ3) is 5.48. The molecule has 11 heteroatoms. The van der Waals surface area contributed by atoms with Gasteiger partial charge >= 0.3 is 5.91 Å². The summed E-state index contributed by atoms with van der Waals surface area (Å²) in [5, 5.41) is 12.4. The van der Waals surface area contributed by atoms with Crippen LogP contribution in [0.2, 0.25) is 5.02 Å². The van der Waals surface area contributed by atoms with Crippen LogP contribution in [0.15, 0.2) is 60.2 Å². The number of carbonyl (C=O) groups excluding carboxylic acids is 2. The maximum atomic E-state index is 13.7. The molecule has 1 aromatic heterocycles. The van der Waals surface area contributed by atoms with E-state index < -0.39 is 17.7 Å². The van der Waals surface area contributed by atoms with Gasteiger partial charge in [-0.05, 0) is 60.5 Å². The summed E-state index contributed by atoms with van der Waals surface area (Å²) in [6.45, 7) is 3.42. The third-order valence-electron chi connectivity index (χ3n) is 7.31. The van der Waals surface area contributed by atoms with E-state index in [1.165, 1.54) is 23.3 Å². The van der Waals surface area contributed by atoms with Gasteiger partial charge in [-0.3, -0.25) is 14.5 Å². The van der Waals surface area contributed by atoms with E-state index in [1.807, 2.05) is 0 Å². The summed E-state index contributed by atoms with van der Waals surface area (Å²) in [7, 11) is 1.53. The summed E-state index contributed by atoms with van der Waals surface area (Å²) >= 11 is 7.44. The summed E-state index contributed by atoms with van der Waals surface area (Å²) < 4.78 is 23.7. The number of halogens is 1. The molecule has 43 heavy (non-hydrogen) atoms. The Morgan fingerprint density at radius 1 is 1.05 bits per heavy atom. The minimum absolute atomic E-state index is 0.0855. The number of aliphatic hydroxyl groups excluding tert-OH is 1. The van der Waals surface area contributed by atoms with Crippen LogP contribution in [-0.2, 0) is 9.59 Å². The van der Waals surface area contributed by atoms with Gasteiger partial charge < -0.3 is 24.1 Å². The van der Waals surface area contributed by atoms with Gasteiger partial charge in [-0.25, -0.2) is 4.98 Å². The first-order valence-corrected chi connectivity index (χ1v) is 15.2. The van der Waals surface area contributed by atoms with Crippen molar-refractivity contribution in [3.63, 3.8) is 0 Å². The number of rotatable bonds is 9. The van der Waals surface area contributed by atoms with E-state index in [4.69, 9.17) is 30.5 Å². The Hall–Kier alpha value is -4.28. The highest BCUT2D eigenvalue weighted by Gasteiger charge is 2.48. The first-order valence-electron chi connectivity index (χ1n) is 14.0. The van der Waals surface area contributed by atoms with Crippen molar-refractivity contribution in [2.45, 2.75) is 32.2 Å². The lowest BCUT2D eigenvalue weighted by Crippen LogP contribution is -2.29. The number of anilines is 1. The highest BCUT2D eigenvalue weighted by atomic mass is 35.5. The molecule has 1 fully saturated rings. The normalized spacial score (nSPS) is 17.5. The number of nitrogens with zero attached hydrogens (tertiary/aromatic N) is 2. The Morgan fingerprint density at radius 2 is 1.86 bits per heavy atom. The van der Waals surface area contributed by atoms with E-state index in [0.29, 0.717) is 69.6 Å². The zero-order chi connectivity index (χ0) is 30.1. The van der Waals surface area contributed by atoms with Crippen LogP contribution >= 0.6 is 22.9 Å². The first kappa shape index (κ1) is 28.8. The highest BCUT2D eigenvalue weighted by Crippen LogP contribution is 2.46. The Balaban J connectivity index is 1.48. The quantitative estimate of drug-likeness (QED) is 0.0929. The Kier molecular flexibility index (Phi) is 8.14. The fourth-order valence-electron chi connectivity index (χ4n) is 5.19. The molecule has 3 heterocycles. The van der Waals surface area contributed by atoms with Crippen LogP contribution in [0.5, 0.6) is 23.0 Å². The number of hydrogen-bond acceptors (Lipinski definition) is 9. The topological polar surface area (TPSA) is 107 Å². The van der Waals surface area contributed by atoms with Gasteiger partial charge in [0.1, 0.15) is 19.0 Å². The lowest BCUT2D eigenvalue weighted by molar-refractivity contribution is -0.132.